The number of fused-ring (bicyclic) bond motifs is 1. The van der Waals surface area contributed by atoms with Crippen LogP contribution in [0, 0.1) is 5.82 Å². The van der Waals surface area contributed by atoms with Crippen LogP contribution in [0.4, 0.5) is 15.8 Å². The van der Waals surface area contributed by atoms with Crippen molar-refractivity contribution < 1.29 is 9.50 Å². The van der Waals surface area contributed by atoms with Crippen molar-refractivity contribution in [1.29, 1.82) is 0 Å². The summed E-state index contributed by atoms with van der Waals surface area (Å²) in [5.41, 5.74) is 2.63. The summed E-state index contributed by atoms with van der Waals surface area (Å²) in [6, 6.07) is 14.7. The summed E-state index contributed by atoms with van der Waals surface area (Å²) < 4.78 is 14.0. The molecule has 1 aliphatic heterocycles. The second-order valence-electron chi connectivity index (χ2n) is 8.75. The number of hydrogen-bond donors (Lipinski definition) is 3. The number of aliphatic hydroxyl groups excluding tert-OH is 1. The maximum Gasteiger partial charge on any atom is 0.146 e. The topological polar surface area (TPSA) is 63.7 Å². The summed E-state index contributed by atoms with van der Waals surface area (Å²) >= 11 is 6.05. The lowest BCUT2D eigenvalue weighted by molar-refractivity contribution is 0.108. The third-order valence-corrected chi connectivity index (χ3v) is 6.45. The number of piperazine rings is 1. The summed E-state index contributed by atoms with van der Waals surface area (Å²) in [5, 5.41) is 19.0. The highest BCUT2D eigenvalue weighted by Crippen LogP contribution is 2.24. The van der Waals surface area contributed by atoms with Crippen molar-refractivity contribution in [3.05, 3.63) is 65.6 Å². The van der Waals surface area contributed by atoms with Crippen LogP contribution < -0.4 is 15.5 Å². The smallest absolute Gasteiger partial charge is 0.146 e. The summed E-state index contributed by atoms with van der Waals surface area (Å²) in [5.74, 6) is -0.172. The van der Waals surface area contributed by atoms with Crippen molar-refractivity contribution in [3.63, 3.8) is 0 Å². The minimum Gasteiger partial charge on any atom is -0.390 e. The van der Waals surface area contributed by atoms with Crippen molar-refractivity contribution in [2.75, 3.05) is 62.6 Å². The van der Waals surface area contributed by atoms with Crippen LogP contribution in [0.15, 0.2) is 54.7 Å². The summed E-state index contributed by atoms with van der Waals surface area (Å²) in [6.07, 6.45) is 3.44. The van der Waals surface area contributed by atoms with Gasteiger partial charge in [0.15, 0.2) is 0 Å². The van der Waals surface area contributed by atoms with Gasteiger partial charge in [-0.25, -0.2) is 4.39 Å². The number of benzene rings is 2. The van der Waals surface area contributed by atoms with Gasteiger partial charge < -0.3 is 20.6 Å². The lowest BCUT2D eigenvalue weighted by atomic mass is 10.2. The van der Waals surface area contributed by atoms with Gasteiger partial charge in [-0.3, -0.25) is 9.88 Å². The summed E-state index contributed by atoms with van der Waals surface area (Å²) in [6.45, 7) is 6.15. The van der Waals surface area contributed by atoms with Gasteiger partial charge in [0.1, 0.15) is 5.82 Å². The van der Waals surface area contributed by atoms with Crippen molar-refractivity contribution in [2.24, 2.45) is 0 Å². The van der Waals surface area contributed by atoms with Crippen LogP contribution >= 0.6 is 11.6 Å². The zero-order valence-corrected chi connectivity index (χ0v) is 20.1. The van der Waals surface area contributed by atoms with E-state index in [0.29, 0.717) is 23.8 Å². The first-order valence-corrected chi connectivity index (χ1v) is 12.4. The highest BCUT2D eigenvalue weighted by atomic mass is 35.5. The molecule has 1 atom stereocenters. The van der Waals surface area contributed by atoms with E-state index in [2.05, 4.69) is 25.4 Å². The molecular formula is C26H33ClFN5O. The molecule has 1 fully saturated rings. The Hall–Kier alpha value is -2.45. The maximum atomic E-state index is 14.0. The van der Waals surface area contributed by atoms with Crippen LogP contribution in [0.3, 0.4) is 0 Å². The minimum atomic E-state index is -0.409. The van der Waals surface area contributed by atoms with E-state index in [1.807, 2.05) is 36.4 Å². The van der Waals surface area contributed by atoms with Crippen molar-refractivity contribution in [3.8, 4) is 0 Å². The zero-order chi connectivity index (χ0) is 23.8. The zero-order valence-electron chi connectivity index (χ0n) is 19.4. The molecule has 4 rings (SSSR count). The number of pyridine rings is 1. The normalized spacial score (nSPS) is 15.6. The number of unbranched alkanes of at least 4 members (excludes halogenated alkanes) is 1. The van der Waals surface area contributed by atoms with Gasteiger partial charge in [-0.05, 0) is 55.8 Å². The number of β-amino-alcohol motifs (C(OH)–C–C–N with tert-alkyl or cyclic N) is 1. The van der Waals surface area contributed by atoms with E-state index < -0.39 is 6.10 Å². The van der Waals surface area contributed by atoms with Crippen LogP contribution in [0.5, 0.6) is 0 Å². The monoisotopic (exact) mass is 485 g/mol. The first kappa shape index (κ1) is 24.7. The molecule has 1 unspecified atom stereocenters. The Balaban J connectivity index is 1.07. The fourth-order valence-electron chi connectivity index (χ4n) is 4.38. The number of aliphatic hydroxyl groups is 1. The number of anilines is 2. The van der Waals surface area contributed by atoms with Gasteiger partial charge in [0, 0.05) is 68.1 Å². The van der Waals surface area contributed by atoms with E-state index >= 15 is 0 Å². The number of nitrogens with one attached hydrogen (secondary N) is 2. The fraction of sp³-hybridized carbons (Fsp3) is 0.423. The van der Waals surface area contributed by atoms with Gasteiger partial charge in [0.25, 0.3) is 0 Å². The van der Waals surface area contributed by atoms with Gasteiger partial charge >= 0.3 is 0 Å². The molecule has 2 heterocycles. The van der Waals surface area contributed by atoms with Crippen molar-refractivity contribution in [2.45, 2.75) is 18.9 Å². The molecular weight excluding hydrogens is 453 g/mol. The number of aromatic nitrogens is 1. The SMILES string of the molecule is OC(CNCCCCNc1ccnc2cc(Cl)ccc12)CN1CCN(c2ccccc2F)CC1. The van der Waals surface area contributed by atoms with E-state index in [0.717, 1.165) is 68.7 Å². The number of para-hydroxylation sites is 1. The Bertz CT molecular complexity index is 1060. The molecule has 1 saturated heterocycles. The molecule has 0 spiro atoms. The minimum absolute atomic E-state index is 0.172. The van der Waals surface area contributed by atoms with Crippen molar-refractivity contribution in [1.82, 2.24) is 15.2 Å². The van der Waals surface area contributed by atoms with E-state index in [9.17, 15) is 9.50 Å². The van der Waals surface area contributed by atoms with E-state index in [1.54, 1.807) is 12.3 Å². The molecule has 0 bridgehead atoms. The van der Waals surface area contributed by atoms with Gasteiger partial charge in [0.05, 0.1) is 17.3 Å². The fourth-order valence-corrected chi connectivity index (χ4v) is 4.55. The molecule has 2 aromatic carbocycles. The summed E-state index contributed by atoms with van der Waals surface area (Å²) in [4.78, 5) is 8.70. The van der Waals surface area contributed by atoms with Gasteiger partial charge in [-0.15, -0.1) is 0 Å². The van der Waals surface area contributed by atoms with E-state index in [-0.39, 0.29) is 5.82 Å². The molecule has 0 saturated carbocycles. The number of nitrogens with zero attached hydrogens (tertiary/aromatic N) is 3. The lowest BCUT2D eigenvalue weighted by Gasteiger charge is -2.37. The Labute approximate surface area is 205 Å². The predicted octanol–water partition coefficient (Wildman–Crippen LogP) is 3.99. The number of halogens is 2. The molecule has 0 radical (unpaired) electrons. The van der Waals surface area contributed by atoms with Gasteiger partial charge in [0.2, 0.25) is 0 Å². The molecule has 0 aliphatic carbocycles. The molecule has 0 amide bonds. The number of rotatable bonds is 11. The average molecular weight is 486 g/mol. The predicted molar refractivity (Wildman–Crippen MR) is 138 cm³/mol. The van der Waals surface area contributed by atoms with Gasteiger partial charge in [-0.1, -0.05) is 23.7 Å². The molecule has 6 nitrogen and oxygen atoms in total. The lowest BCUT2D eigenvalue weighted by Crippen LogP contribution is -2.50. The maximum absolute atomic E-state index is 14.0. The Morgan fingerprint density at radius 3 is 2.65 bits per heavy atom. The Kier molecular flexibility index (Phi) is 8.93. The summed E-state index contributed by atoms with van der Waals surface area (Å²) in [7, 11) is 0. The van der Waals surface area contributed by atoms with Gasteiger partial charge in [-0.2, -0.15) is 0 Å². The third kappa shape index (κ3) is 6.79. The first-order chi connectivity index (χ1) is 16.6. The van der Waals surface area contributed by atoms with Crippen LogP contribution in [0.2, 0.25) is 5.02 Å². The third-order valence-electron chi connectivity index (χ3n) is 6.21. The molecule has 3 aromatic rings. The highest BCUT2D eigenvalue weighted by molar-refractivity contribution is 6.31. The average Bonchev–Trinajstić information content (AvgIpc) is 2.84. The largest absolute Gasteiger partial charge is 0.390 e. The molecule has 1 aliphatic rings. The van der Waals surface area contributed by atoms with E-state index in [4.69, 9.17) is 11.6 Å². The Morgan fingerprint density at radius 1 is 1.03 bits per heavy atom. The van der Waals surface area contributed by atoms with Crippen LogP contribution in [-0.4, -0.2) is 73.5 Å². The van der Waals surface area contributed by atoms with Crippen molar-refractivity contribution >= 4 is 33.9 Å². The molecule has 8 heteroatoms. The molecule has 182 valence electrons. The first-order valence-electron chi connectivity index (χ1n) is 12.0. The molecule has 1 aromatic heterocycles. The quantitative estimate of drug-likeness (QED) is 0.357. The standard InChI is InChI=1S/C26H33ClFN5O/c27-20-7-8-22-24(9-12-31-25(22)17-20)30-11-4-3-10-29-18-21(34)19-32-13-15-33(16-14-32)26-6-2-1-5-23(26)28/h1-2,5-9,12,17,21,29,34H,3-4,10-11,13-16,18-19H2,(H,30,31). The van der Waals surface area contributed by atoms with E-state index in [1.165, 1.54) is 6.07 Å². The second kappa shape index (κ2) is 12.3. The second-order valence-corrected chi connectivity index (χ2v) is 9.19. The van der Waals surface area contributed by atoms with Crippen LogP contribution in [0.25, 0.3) is 10.9 Å². The molecule has 34 heavy (non-hydrogen) atoms. The molecule has 3 N–H and O–H groups in total. The van der Waals surface area contributed by atoms with Crippen LogP contribution in [0.1, 0.15) is 12.8 Å². The highest BCUT2D eigenvalue weighted by Gasteiger charge is 2.20. The van der Waals surface area contributed by atoms with Crippen LogP contribution in [-0.2, 0) is 0 Å². The Morgan fingerprint density at radius 2 is 1.82 bits per heavy atom. The number of hydrogen-bond acceptors (Lipinski definition) is 6.